The van der Waals surface area contributed by atoms with Crippen molar-refractivity contribution in [2.75, 3.05) is 0 Å². The van der Waals surface area contributed by atoms with E-state index in [1.54, 1.807) is 10.9 Å². The molecule has 0 saturated heterocycles. The van der Waals surface area contributed by atoms with Gasteiger partial charge in [-0.3, -0.25) is 0 Å². The van der Waals surface area contributed by atoms with E-state index in [9.17, 15) is 4.79 Å². The minimum atomic E-state index is -0.218. The minimum absolute atomic E-state index is 0.00251. The lowest BCUT2D eigenvalue weighted by Crippen LogP contribution is -2.43. The molecule has 2 N–H and O–H groups in total. The lowest BCUT2D eigenvalue weighted by atomic mass is 9.77. The van der Waals surface area contributed by atoms with E-state index < -0.39 is 0 Å². The Bertz CT molecular complexity index is 695. The van der Waals surface area contributed by atoms with Gasteiger partial charge < -0.3 is 15.2 Å². The second-order valence-electron chi connectivity index (χ2n) is 6.36. The summed E-state index contributed by atoms with van der Waals surface area (Å²) in [6.45, 7) is 1.89. The van der Waals surface area contributed by atoms with Crippen LogP contribution in [0.25, 0.3) is 0 Å². The van der Waals surface area contributed by atoms with Gasteiger partial charge >= 0.3 is 6.03 Å². The van der Waals surface area contributed by atoms with Crippen molar-refractivity contribution in [3.05, 3.63) is 47.0 Å². The Morgan fingerprint density at radius 1 is 1.29 bits per heavy atom. The number of carbonyl (C=O) groups is 1. The van der Waals surface area contributed by atoms with Gasteiger partial charge in [0.15, 0.2) is 5.82 Å². The number of nitrogens with one attached hydrogen (secondary N) is 2. The lowest BCUT2D eigenvalue weighted by Gasteiger charge is -2.35. The van der Waals surface area contributed by atoms with Crippen LogP contribution in [0.1, 0.15) is 49.7 Å². The highest BCUT2D eigenvalue weighted by Crippen LogP contribution is 2.38. The Kier molecular flexibility index (Phi) is 5.04. The first-order chi connectivity index (χ1) is 11.5. The molecular formula is C17H22ClN5O. The number of nitrogens with zero attached hydrogens (tertiary/aromatic N) is 3. The number of carbonyl (C=O) groups excluding carboxylic acids is 1. The van der Waals surface area contributed by atoms with Crippen molar-refractivity contribution < 1.29 is 4.79 Å². The van der Waals surface area contributed by atoms with Crippen LogP contribution in [-0.2, 0) is 7.05 Å². The summed E-state index contributed by atoms with van der Waals surface area (Å²) in [5, 5.41) is 14.6. The summed E-state index contributed by atoms with van der Waals surface area (Å²) in [7, 11) is 1.86. The number of hydrogen-bond acceptors (Lipinski definition) is 3. The van der Waals surface area contributed by atoms with Crippen LogP contribution in [0.2, 0.25) is 5.02 Å². The van der Waals surface area contributed by atoms with Gasteiger partial charge in [-0.15, -0.1) is 10.2 Å². The fourth-order valence-electron chi connectivity index (χ4n) is 3.04. The zero-order valence-corrected chi connectivity index (χ0v) is 14.6. The number of benzene rings is 1. The van der Waals surface area contributed by atoms with Crippen LogP contribution < -0.4 is 10.6 Å². The number of aromatic nitrogens is 3. The van der Waals surface area contributed by atoms with Crippen molar-refractivity contribution >= 4 is 17.6 Å². The van der Waals surface area contributed by atoms with Gasteiger partial charge in [-0.05, 0) is 43.4 Å². The topological polar surface area (TPSA) is 71.8 Å². The number of rotatable bonds is 5. The van der Waals surface area contributed by atoms with Gasteiger partial charge in [0.1, 0.15) is 6.33 Å². The Balaban J connectivity index is 1.67. The van der Waals surface area contributed by atoms with Gasteiger partial charge in [0.05, 0.1) is 12.1 Å². The van der Waals surface area contributed by atoms with Gasteiger partial charge in [-0.25, -0.2) is 4.79 Å². The Morgan fingerprint density at radius 2 is 2.00 bits per heavy atom. The summed E-state index contributed by atoms with van der Waals surface area (Å²) in [5.41, 5.74) is 1.09. The van der Waals surface area contributed by atoms with E-state index in [4.69, 9.17) is 11.6 Å². The number of urea groups is 1. The van der Waals surface area contributed by atoms with E-state index in [1.807, 2.05) is 38.2 Å². The molecule has 6 nitrogen and oxygen atoms in total. The Hall–Kier alpha value is -2.08. The molecule has 3 rings (SSSR count). The van der Waals surface area contributed by atoms with E-state index in [0.29, 0.717) is 10.9 Å². The molecule has 1 saturated carbocycles. The molecule has 128 valence electrons. The van der Waals surface area contributed by atoms with Gasteiger partial charge in [-0.2, -0.15) is 0 Å². The van der Waals surface area contributed by atoms with Crippen molar-refractivity contribution in [2.45, 2.75) is 38.3 Å². The molecule has 0 radical (unpaired) electrons. The maximum atomic E-state index is 12.4. The molecule has 24 heavy (non-hydrogen) atoms. The smallest absolute Gasteiger partial charge is 0.315 e. The number of hydrogen-bond donors (Lipinski definition) is 2. The summed E-state index contributed by atoms with van der Waals surface area (Å²) in [6.07, 6.45) is 5.10. The first kappa shape index (κ1) is 16.8. The fourth-order valence-corrected chi connectivity index (χ4v) is 3.17. The van der Waals surface area contributed by atoms with Crippen molar-refractivity contribution in [2.24, 2.45) is 13.0 Å². The molecule has 1 fully saturated rings. The van der Waals surface area contributed by atoms with Crippen LogP contribution in [0.3, 0.4) is 0 Å². The molecular weight excluding hydrogens is 326 g/mol. The highest BCUT2D eigenvalue weighted by molar-refractivity contribution is 6.30. The first-order valence-electron chi connectivity index (χ1n) is 8.21. The van der Waals surface area contributed by atoms with E-state index in [2.05, 4.69) is 20.8 Å². The minimum Gasteiger partial charge on any atom is -0.331 e. The van der Waals surface area contributed by atoms with E-state index in [0.717, 1.165) is 24.2 Å². The van der Waals surface area contributed by atoms with Crippen molar-refractivity contribution in [3.63, 3.8) is 0 Å². The molecule has 0 spiro atoms. The third-order valence-electron chi connectivity index (χ3n) is 4.62. The predicted molar refractivity (Wildman–Crippen MR) is 92.6 cm³/mol. The fraction of sp³-hybridized carbons (Fsp3) is 0.471. The number of aryl methyl sites for hydroxylation is 1. The van der Waals surface area contributed by atoms with Crippen molar-refractivity contribution in [1.82, 2.24) is 25.4 Å². The SMILES string of the molecule is C[C@@H](NC(=O)N[C@@H](c1ccc(Cl)cc1)C1CCC1)c1nncn1C. The molecule has 2 amide bonds. The van der Waals surface area contributed by atoms with Crippen LogP contribution in [0, 0.1) is 5.92 Å². The molecule has 0 bridgehead atoms. The van der Waals surface area contributed by atoms with Crippen LogP contribution in [0.5, 0.6) is 0 Å². The highest BCUT2D eigenvalue weighted by Gasteiger charge is 2.30. The summed E-state index contributed by atoms with van der Waals surface area (Å²) >= 11 is 5.98. The van der Waals surface area contributed by atoms with Crippen molar-refractivity contribution in [3.8, 4) is 0 Å². The molecule has 1 heterocycles. The van der Waals surface area contributed by atoms with Gasteiger partial charge in [0.2, 0.25) is 0 Å². The molecule has 2 aromatic rings. The van der Waals surface area contributed by atoms with E-state index in [-0.39, 0.29) is 18.1 Å². The zero-order chi connectivity index (χ0) is 17.1. The number of amides is 2. The molecule has 7 heteroatoms. The third-order valence-corrected chi connectivity index (χ3v) is 4.87. The standard InChI is InChI=1S/C17H22ClN5O/c1-11(16-22-19-10-23(16)2)20-17(24)21-15(12-4-3-5-12)13-6-8-14(18)9-7-13/h6-12,15H,3-5H2,1-2H3,(H2,20,21,24)/t11-,15-/m1/s1. The second kappa shape index (κ2) is 7.21. The summed E-state index contributed by atoms with van der Waals surface area (Å²) in [4.78, 5) is 12.4. The predicted octanol–water partition coefficient (Wildman–Crippen LogP) is 3.37. The average Bonchev–Trinajstić information content (AvgIpc) is 2.92. The maximum absolute atomic E-state index is 12.4. The lowest BCUT2D eigenvalue weighted by molar-refractivity contribution is 0.205. The summed E-state index contributed by atoms with van der Waals surface area (Å²) < 4.78 is 1.80. The second-order valence-corrected chi connectivity index (χ2v) is 6.80. The maximum Gasteiger partial charge on any atom is 0.315 e. The third kappa shape index (κ3) is 3.70. The van der Waals surface area contributed by atoms with Crippen LogP contribution in [0.15, 0.2) is 30.6 Å². The van der Waals surface area contributed by atoms with Crippen molar-refractivity contribution in [1.29, 1.82) is 0 Å². The normalized spacial score (nSPS) is 17.0. The van der Waals surface area contributed by atoms with Crippen LogP contribution in [-0.4, -0.2) is 20.8 Å². The first-order valence-corrected chi connectivity index (χ1v) is 8.59. The molecule has 0 unspecified atom stereocenters. The van der Waals surface area contributed by atoms with Gasteiger partial charge in [0.25, 0.3) is 0 Å². The van der Waals surface area contributed by atoms with Gasteiger partial charge in [0, 0.05) is 12.1 Å². The molecule has 1 aromatic carbocycles. The summed E-state index contributed by atoms with van der Waals surface area (Å²) in [5.74, 6) is 1.19. The van der Waals surface area contributed by atoms with Gasteiger partial charge in [-0.1, -0.05) is 30.2 Å². The highest BCUT2D eigenvalue weighted by atomic mass is 35.5. The van der Waals surface area contributed by atoms with Crippen LogP contribution >= 0.6 is 11.6 Å². The zero-order valence-electron chi connectivity index (χ0n) is 13.9. The largest absolute Gasteiger partial charge is 0.331 e. The summed E-state index contributed by atoms with van der Waals surface area (Å²) in [6, 6.07) is 7.29. The monoisotopic (exact) mass is 347 g/mol. The molecule has 0 aliphatic heterocycles. The Labute approximate surface area is 146 Å². The quantitative estimate of drug-likeness (QED) is 0.871. The Morgan fingerprint density at radius 3 is 2.54 bits per heavy atom. The molecule has 1 aliphatic carbocycles. The molecule has 1 aromatic heterocycles. The number of halogens is 1. The van der Waals surface area contributed by atoms with Crippen LogP contribution in [0.4, 0.5) is 4.79 Å². The van der Waals surface area contributed by atoms with E-state index in [1.165, 1.54) is 6.42 Å². The average molecular weight is 348 g/mol. The molecule has 2 atom stereocenters. The molecule has 1 aliphatic rings. The van der Waals surface area contributed by atoms with E-state index >= 15 is 0 Å².